The first-order chi connectivity index (χ1) is 45.8. The summed E-state index contributed by atoms with van der Waals surface area (Å²) in [6, 6.07) is 53.5. The first-order valence-electron chi connectivity index (χ1n) is 29.8. The van der Waals surface area contributed by atoms with E-state index in [1.54, 1.807) is 174 Å². The Bertz CT molecular complexity index is 3960. The number of carbonyl (C=O) groups excluding carboxylic acids is 3. The fourth-order valence-electron chi connectivity index (χ4n) is 10.9. The maximum atomic E-state index is 13.3. The van der Waals surface area contributed by atoms with Gasteiger partial charge in [-0.25, -0.2) is 14.4 Å². The Morgan fingerprint density at radius 1 is 0.417 bits per heavy atom. The molecular formula is C71H58Cl3F9N6O7. The molecule has 3 heterocycles. The molecule has 0 radical (unpaired) electrons. The maximum absolute atomic E-state index is 13.3. The standard InChI is InChI=1S/C25H22ClF3N2O2.C24H20ClF3N2O3.C22H16ClF3N2O2/c1-2-14-30-16-23(17-4-3-5-18(15-17)25(27,28)29)31(24(30)32)20-8-12-22(13-9-20)33-21-10-6-19(26)7-11-21;25-18-4-8-20(9-5-18)33-21-10-6-19(7-11-21)30-22(15-29(12-13-31)23(30)32)16-2-1-3-17(14-16)24(26,27)28;23-16-4-8-18(9-5-16)30-19-10-6-17(7-11-19)28-20(13-27-21(28)29)14-2-1-3-15(12-14)22(24,25)26/h3-13,15,23H,2,14,16H2,1H3;1-11,14,22,31H,12-13,15H2;1-12,20H,13H2,(H,27,29). The molecule has 3 atom stereocenters. The summed E-state index contributed by atoms with van der Waals surface area (Å²) < 4.78 is 136. The number of aliphatic hydroxyl groups is 1. The minimum Gasteiger partial charge on any atom is -0.457 e. The average Bonchev–Trinajstić information content (AvgIpc) is 1.62. The molecule has 3 unspecified atom stereocenters. The van der Waals surface area contributed by atoms with Crippen molar-refractivity contribution in [2.45, 2.75) is 50.0 Å². The molecule has 0 saturated carbocycles. The van der Waals surface area contributed by atoms with Gasteiger partial charge in [0, 0.05) is 64.9 Å². The SMILES string of the molecule is CCCN1CC(c2cccc(C(F)(F)F)c2)N(c2ccc(Oc3ccc(Cl)cc3)cc2)C1=O.O=C1N(CCO)CC(c2cccc(C(F)(F)F)c2)N1c1ccc(Oc2ccc(Cl)cc2)cc1.O=C1NCC(c2cccc(C(F)(F)F)c2)N1c1ccc(Oc2ccc(Cl)cc2)cc1. The van der Waals surface area contributed by atoms with Crippen molar-refractivity contribution in [3.8, 4) is 34.5 Å². The zero-order valence-corrected chi connectivity index (χ0v) is 52.9. The van der Waals surface area contributed by atoms with E-state index < -0.39 is 59.4 Å². The number of β-amino-alcohol motifs (C(OH)–C–C–N with tert-alkyl or cyclic N) is 1. The number of hydrogen-bond donors (Lipinski definition) is 2. The van der Waals surface area contributed by atoms with Gasteiger partial charge < -0.3 is 34.4 Å². The van der Waals surface area contributed by atoms with Crippen LogP contribution in [0.4, 0.5) is 71.0 Å². The second-order valence-corrected chi connectivity index (χ2v) is 23.4. The molecule has 3 fully saturated rings. The molecule has 3 aliphatic heterocycles. The molecule has 0 bridgehead atoms. The molecule has 0 aliphatic carbocycles. The summed E-state index contributed by atoms with van der Waals surface area (Å²) >= 11 is 17.6. The minimum absolute atomic E-state index is 0.0859. The highest BCUT2D eigenvalue weighted by molar-refractivity contribution is 6.31. The Morgan fingerprint density at radius 2 is 0.708 bits per heavy atom. The fraction of sp³-hybridized carbons (Fsp3) is 0.197. The van der Waals surface area contributed by atoms with Crippen LogP contribution in [-0.4, -0.2) is 72.3 Å². The third kappa shape index (κ3) is 17.1. The van der Waals surface area contributed by atoms with E-state index in [0.717, 1.165) is 42.8 Å². The van der Waals surface area contributed by atoms with E-state index in [2.05, 4.69) is 5.32 Å². The largest absolute Gasteiger partial charge is 0.457 e. The number of amides is 6. The highest BCUT2D eigenvalue weighted by Crippen LogP contribution is 2.42. The van der Waals surface area contributed by atoms with E-state index in [1.165, 1.54) is 32.9 Å². The lowest BCUT2D eigenvalue weighted by Crippen LogP contribution is -2.34. The maximum Gasteiger partial charge on any atom is 0.416 e. The molecule has 13 nitrogen and oxygen atoms in total. The number of benzene rings is 9. The number of anilines is 3. The van der Waals surface area contributed by atoms with E-state index in [-0.39, 0.29) is 38.3 Å². The Hall–Kier alpha value is -9.61. The van der Waals surface area contributed by atoms with E-state index in [4.69, 9.17) is 49.0 Å². The number of alkyl halides is 9. The van der Waals surface area contributed by atoms with E-state index in [0.29, 0.717) is 96.4 Å². The summed E-state index contributed by atoms with van der Waals surface area (Å²) in [6.45, 7) is 3.01. The van der Waals surface area contributed by atoms with Crippen LogP contribution in [0.25, 0.3) is 0 Å². The molecule has 0 aromatic heterocycles. The molecule has 0 spiro atoms. The number of nitrogens with zero attached hydrogens (tertiary/aromatic N) is 5. The first-order valence-corrected chi connectivity index (χ1v) is 30.9. The van der Waals surface area contributed by atoms with Gasteiger partial charge in [-0.15, -0.1) is 0 Å². The molecule has 2 N–H and O–H groups in total. The van der Waals surface area contributed by atoms with Crippen LogP contribution in [0.3, 0.4) is 0 Å². The fourth-order valence-corrected chi connectivity index (χ4v) is 11.3. The smallest absolute Gasteiger partial charge is 0.416 e. The molecule has 25 heteroatoms. The van der Waals surface area contributed by atoms with Crippen molar-refractivity contribution in [2.75, 3.05) is 54.0 Å². The van der Waals surface area contributed by atoms with Crippen LogP contribution >= 0.6 is 34.8 Å². The van der Waals surface area contributed by atoms with Crippen molar-refractivity contribution in [3.63, 3.8) is 0 Å². The van der Waals surface area contributed by atoms with Gasteiger partial charge >= 0.3 is 36.6 Å². The number of carbonyl (C=O) groups is 3. The molecule has 3 aliphatic rings. The van der Waals surface area contributed by atoms with Crippen molar-refractivity contribution < 1.29 is 73.2 Å². The van der Waals surface area contributed by atoms with Crippen LogP contribution in [-0.2, 0) is 18.5 Å². The number of halogens is 12. The summed E-state index contributed by atoms with van der Waals surface area (Å²) in [4.78, 5) is 46.1. The molecule has 96 heavy (non-hydrogen) atoms. The second kappa shape index (κ2) is 30.0. The Labute approximate surface area is 560 Å². The number of ether oxygens (including phenoxy) is 3. The predicted molar refractivity (Wildman–Crippen MR) is 349 cm³/mol. The molecule has 9 aromatic carbocycles. The number of nitrogens with one attached hydrogen (secondary N) is 1. The van der Waals surface area contributed by atoms with Crippen molar-refractivity contribution in [1.82, 2.24) is 15.1 Å². The summed E-state index contributed by atoms with van der Waals surface area (Å²) in [6.07, 6.45) is -12.6. The highest BCUT2D eigenvalue weighted by atomic mass is 35.5. The number of hydrogen-bond acceptors (Lipinski definition) is 7. The lowest BCUT2D eigenvalue weighted by atomic mass is 10.0. The Kier molecular flexibility index (Phi) is 21.6. The van der Waals surface area contributed by atoms with Gasteiger partial charge in [0.25, 0.3) is 0 Å². The zero-order valence-electron chi connectivity index (χ0n) is 50.6. The highest BCUT2D eigenvalue weighted by Gasteiger charge is 2.43. The lowest BCUT2D eigenvalue weighted by molar-refractivity contribution is -0.138. The van der Waals surface area contributed by atoms with Crippen LogP contribution in [0.1, 0.15) is 64.9 Å². The predicted octanol–water partition coefficient (Wildman–Crippen LogP) is 20.1. The molecule has 498 valence electrons. The van der Waals surface area contributed by atoms with Gasteiger partial charge in [0.2, 0.25) is 0 Å². The van der Waals surface area contributed by atoms with E-state index in [1.807, 2.05) is 6.92 Å². The van der Waals surface area contributed by atoms with E-state index >= 15 is 0 Å². The molecule has 9 aromatic rings. The summed E-state index contributed by atoms with van der Waals surface area (Å²) in [5, 5.41) is 13.8. The molecule has 6 amide bonds. The van der Waals surface area contributed by atoms with Gasteiger partial charge in [-0.05, 0) is 205 Å². The van der Waals surface area contributed by atoms with Crippen LogP contribution in [0.2, 0.25) is 15.1 Å². The Balaban J connectivity index is 0.000000157. The lowest BCUT2D eigenvalue weighted by Gasteiger charge is -2.24. The van der Waals surface area contributed by atoms with Crippen molar-refractivity contribution in [1.29, 1.82) is 0 Å². The van der Waals surface area contributed by atoms with Gasteiger partial charge in [-0.1, -0.05) is 78.1 Å². The topological polar surface area (TPSA) is 127 Å². The van der Waals surface area contributed by atoms with Crippen molar-refractivity contribution >= 4 is 70.0 Å². The van der Waals surface area contributed by atoms with Crippen LogP contribution in [0, 0.1) is 0 Å². The third-order valence-corrected chi connectivity index (χ3v) is 16.2. The van der Waals surface area contributed by atoms with Crippen LogP contribution in [0.5, 0.6) is 34.5 Å². The minimum atomic E-state index is -4.49. The number of urea groups is 3. The molecule has 3 saturated heterocycles. The monoisotopic (exact) mass is 1380 g/mol. The van der Waals surface area contributed by atoms with Gasteiger partial charge in [-0.2, -0.15) is 39.5 Å². The normalized spacial score (nSPS) is 16.4. The summed E-state index contributed by atoms with van der Waals surface area (Å²) in [5.41, 5.74) is 0.605. The zero-order chi connectivity index (χ0) is 68.5. The second-order valence-electron chi connectivity index (χ2n) is 22.0. The number of aliphatic hydroxyl groups excluding tert-OH is 1. The Morgan fingerprint density at radius 3 is 1.01 bits per heavy atom. The first kappa shape index (κ1) is 69.2. The van der Waals surface area contributed by atoms with Crippen LogP contribution in [0.15, 0.2) is 218 Å². The van der Waals surface area contributed by atoms with E-state index in [9.17, 15) is 59.0 Å². The van der Waals surface area contributed by atoms with Gasteiger partial charge in [-0.3, -0.25) is 14.7 Å². The number of rotatable bonds is 16. The quantitative estimate of drug-likeness (QED) is 0.0922. The van der Waals surface area contributed by atoms with Crippen LogP contribution < -0.4 is 34.2 Å². The van der Waals surface area contributed by atoms with Gasteiger partial charge in [0.1, 0.15) is 34.5 Å². The third-order valence-electron chi connectivity index (χ3n) is 15.5. The average molecular weight is 1380 g/mol. The van der Waals surface area contributed by atoms with Crippen molar-refractivity contribution in [3.05, 3.63) is 267 Å². The molecular weight excluding hydrogens is 1330 g/mol. The van der Waals surface area contributed by atoms with Gasteiger partial charge in [0.15, 0.2) is 0 Å². The van der Waals surface area contributed by atoms with Crippen molar-refractivity contribution in [2.24, 2.45) is 0 Å². The summed E-state index contributed by atoms with van der Waals surface area (Å²) in [5.74, 6) is 3.44. The van der Waals surface area contributed by atoms with Gasteiger partial charge in [0.05, 0.1) is 41.4 Å². The summed E-state index contributed by atoms with van der Waals surface area (Å²) in [7, 11) is 0. The molecule has 12 rings (SSSR count).